The van der Waals surface area contributed by atoms with Crippen LogP contribution in [0.3, 0.4) is 0 Å². The molecule has 35 heavy (non-hydrogen) atoms. The summed E-state index contributed by atoms with van der Waals surface area (Å²) in [5, 5.41) is 14.7. The van der Waals surface area contributed by atoms with E-state index >= 15 is 0 Å². The Balaban J connectivity index is 1.44. The van der Waals surface area contributed by atoms with E-state index in [2.05, 4.69) is 10.3 Å². The Hall–Kier alpha value is -4.79. The van der Waals surface area contributed by atoms with Crippen molar-refractivity contribution in [3.8, 4) is 11.3 Å². The van der Waals surface area contributed by atoms with Crippen molar-refractivity contribution in [3.63, 3.8) is 0 Å². The number of nitrogens with zero attached hydrogens (tertiary/aromatic N) is 4. The molecule has 0 aliphatic carbocycles. The molecule has 0 atom stereocenters. The third-order valence-corrected chi connectivity index (χ3v) is 5.69. The smallest absolute Gasteiger partial charge is 0.270 e. The average Bonchev–Trinajstić information content (AvgIpc) is 3.44. The number of hydrogen-bond acceptors (Lipinski definition) is 4. The van der Waals surface area contributed by atoms with Crippen LogP contribution in [-0.4, -0.2) is 24.9 Å². The zero-order valence-corrected chi connectivity index (χ0v) is 18.5. The molecule has 2 heterocycles. The summed E-state index contributed by atoms with van der Waals surface area (Å²) < 4.78 is 17.0. The first-order valence-electron chi connectivity index (χ1n) is 10.9. The maximum absolute atomic E-state index is 13.5. The molecule has 9 heteroatoms. The molecule has 1 N–H and O–H groups in total. The summed E-state index contributed by atoms with van der Waals surface area (Å²) in [7, 11) is 0. The number of non-ortho nitro benzene ring substituents is 1. The monoisotopic (exact) mass is 469 g/mol. The number of rotatable bonds is 7. The largest absolute Gasteiger partial charge is 0.338 e. The second kappa shape index (κ2) is 9.22. The first-order chi connectivity index (χ1) is 17.0. The van der Waals surface area contributed by atoms with Crippen LogP contribution in [0, 0.1) is 15.9 Å². The van der Waals surface area contributed by atoms with Gasteiger partial charge >= 0.3 is 0 Å². The van der Waals surface area contributed by atoms with Gasteiger partial charge in [-0.2, -0.15) is 0 Å². The van der Waals surface area contributed by atoms with Crippen LogP contribution in [0.15, 0.2) is 91.4 Å². The van der Waals surface area contributed by atoms with E-state index in [4.69, 9.17) is 0 Å². The van der Waals surface area contributed by atoms with Crippen LogP contribution in [0.2, 0.25) is 0 Å². The molecule has 3 aromatic carbocycles. The van der Waals surface area contributed by atoms with Crippen LogP contribution in [0.1, 0.15) is 5.56 Å². The Labute approximate surface area is 199 Å². The van der Waals surface area contributed by atoms with Gasteiger partial charge in [-0.05, 0) is 42.0 Å². The number of fused-ring (bicyclic) bond motifs is 1. The van der Waals surface area contributed by atoms with Gasteiger partial charge in [-0.15, -0.1) is 0 Å². The third-order valence-electron chi connectivity index (χ3n) is 5.69. The maximum Gasteiger partial charge on any atom is 0.270 e. The van der Waals surface area contributed by atoms with E-state index in [0.29, 0.717) is 34.5 Å². The Kier molecular flexibility index (Phi) is 5.80. The third kappa shape index (κ3) is 4.65. The summed E-state index contributed by atoms with van der Waals surface area (Å²) in [4.78, 5) is 28.2. The molecule has 0 saturated heterocycles. The normalized spacial score (nSPS) is 11.0. The van der Waals surface area contributed by atoms with Crippen molar-refractivity contribution in [2.75, 3.05) is 5.32 Å². The van der Waals surface area contributed by atoms with Crippen molar-refractivity contribution in [2.45, 2.75) is 13.1 Å². The molecule has 0 saturated carbocycles. The van der Waals surface area contributed by atoms with Gasteiger partial charge in [0.15, 0.2) is 0 Å². The van der Waals surface area contributed by atoms with Crippen molar-refractivity contribution in [3.05, 3.63) is 113 Å². The molecule has 5 aromatic rings. The highest BCUT2D eigenvalue weighted by Crippen LogP contribution is 2.28. The fourth-order valence-electron chi connectivity index (χ4n) is 4.00. The molecule has 0 aliphatic rings. The zero-order chi connectivity index (χ0) is 24.4. The van der Waals surface area contributed by atoms with Gasteiger partial charge in [-0.1, -0.05) is 30.3 Å². The van der Waals surface area contributed by atoms with Crippen LogP contribution in [0.4, 0.5) is 15.9 Å². The van der Waals surface area contributed by atoms with Crippen LogP contribution in [0.25, 0.3) is 22.2 Å². The van der Waals surface area contributed by atoms with E-state index in [-0.39, 0.29) is 24.0 Å². The standard InChI is InChI=1S/C26H20FN5O3/c27-21-8-6-19(7-9-21)25-26(31(17-28-25)15-18-4-2-1-3-5-18)29-24(33)16-30-13-12-20-14-22(32(34)35)10-11-23(20)30/h1-14,17H,15-16H2,(H,29,33). The summed E-state index contributed by atoms with van der Waals surface area (Å²) in [6, 6.07) is 22.0. The molecule has 2 aromatic heterocycles. The van der Waals surface area contributed by atoms with Gasteiger partial charge in [0.1, 0.15) is 23.9 Å². The molecular weight excluding hydrogens is 449 g/mol. The van der Waals surface area contributed by atoms with E-state index in [9.17, 15) is 19.3 Å². The van der Waals surface area contributed by atoms with Crippen molar-refractivity contribution in [2.24, 2.45) is 0 Å². The highest BCUT2D eigenvalue weighted by Gasteiger charge is 2.17. The van der Waals surface area contributed by atoms with Crippen LogP contribution >= 0.6 is 0 Å². The summed E-state index contributed by atoms with van der Waals surface area (Å²) >= 11 is 0. The number of carbonyl (C=O) groups is 1. The highest BCUT2D eigenvalue weighted by atomic mass is 19.1. The number of imidazole rings is 1. The van der Waals surface area contributed by atoms with Gasteiger partial charge in [0.05, 0.1) is 17.8 Å². The van der Waals surface area contributed by atoms with Gasteiger partial charge in [0.25, 0.3) is 5.69 Å². The van der Waals surface area contributed by atoms with E-state index in [1.807, 2.05) is 34.9 Å². The van der Waals surface area contributed by atoms with Crippen molar-refractivity contribution in [1.29, 1.82) is 0 Å². The quantitative estimate of drug-likeness (QED) is 0.261. The number of carbonyl (C=O) groups excluding carboxylic acids is 1. The molecule has 1 amide bonds. The van der Waals surface area contributed by atoms with Crippen LogP contribution in [-0.2, 0) is 17.9 Å². The summed E-state index contributed by atoms with van der Waals surface area (Å²) in [5.41, 5.74) is 2.94. The minimum absolute atomic E-state index is 0.000680. The Morgan fingerprint density at radius 1 is 1.00 bits per heavy atom. The fourth-order valence-corrected chi connectivity index (χ4v) is 4.00. The number of halogens is 1. The topological polar surface area (TPSA) is 95.0 Å². The van der Waals surface area contributed by atoms with Crippen LogP contribution < -0.4 is 5.32 Å². The molecule has 0 bridgehead atoms. The number of benzene rings is 3. The molecule has 174 valence electrons. The van der Waals surface area contributed by atoms with Gasteiger partial charge in [0.2, 0.25) is 5.91 Å². The second-order valence-corrected chi connectivity index (χ2v) is 8.05. The van der Waals surface area contributed by atoms with Crippen LogP contribution in [0.5, 0.6) is 0 Å². The average molecular weight is 469 g/mol. The number of nitrogens with one attached hydrogen (secondary N) is 1. The molecule has 0 unspecified atom stereocenters. The number of amides is 1. The molecule has 8 nitrogen and oxygen atoms in total. The summed E-state index contributed by atoms with van der Waals surface area (Å²) in [5.74, 6) is -0.153. The first kappa shape index (κ1) is 22.0. The SMILES string of the molecule is O=C(Cn1ccc2cc([N+](=O)[O-])ccc21)Nc1c(-c2ccc(F)cc2)ncn1Cc1ccccc1. The van der Waals surface area contributed by atoms with E-state index in [1.54, 1.807) is 41.4 Å². The molecule has 0 fully saturated rings. The van der Waals surface area contributed by atoms with Crippen molar-refractivity contribution >= 4 is 28.3 Å². The lowest BCUT2D eigenvalue weighted by Gasteiger charge is -2.13. The maximum atomic E-state index is 13.5. The van der Waals surface area contributed by atoms with E-state index < -0.39 is 4.92 Å². The Bertz CT molecular complexity index is 1520. The van der Waals surface area contributed by atoms with Gasteiger partial charge in [-0.25, -0.2) is 9.37 Å². The molecule has 5 rings (SSSR count). The minimum atomic E-state index is -0.450. The lowest BCUT2D eigenvalue weighted by Crippen LogP contribution is -2.20. The molecular formula is C26H20FN5O3. The molecule has 0 radical (unpaired) electrons. The number of nitro benzene ring substituents is 1. The second-order valence-electron chi connectivity index (χ2n) is 8.05. The minimum Gasteiger partial charge on any atom is -0.338 e. The van der Waals surface area contributed by atoms with Gasteiger partial charge < -0.3 is 14.5 Å². The molecule has 0 aliphatic heterocycles. The van der Waals surface area contributed by atoms with Crippen molar-refractivity contribution < 1.29 is 14.1 Å². The van der Waals surface area contributed by atoms with Crippen molar-refractivity contribution in [1.82, 2.24) is 14.1 Å². The lowest BCUT2D eigenvalue weighted by molar-refractivity contribution is -0.384. The predicted octanol–water partition coefficient (Wildman–Crippen LogP) is 5.24. The first-order valence-corrected chi connectivity index (χ1v) is 10.9. The van der Waals surface area contributed by atoms with Gasteiger partial charge in [0, 0.05) is 34.8 Å². The Morgan fingerprint density at radius 2 is 1.77 bits per heavy atom. The highest BCUT2D eigenvalue weighted by molar-refractivity contribution is 5.94. The van der Waals surface area contributed by atoms with E-state index in [1.165, 1.54) is 24.3 Å². The number of nitro groups is 1. The predicted molar refractivity (Wildman–Crippen MR) is 130 cm³/mol. The number of hydrogen-bond donors (Lipinski definition) is 1. The molecule has 0 spiro atoms. The lowest BCUT2D eigenvalue weighted by atomic mass is 10.1. The summed E-state index contributed by atoms with van der Waals surface area (Å²) in [6.45, 7) is 0.488. The number of aromatic nitrogens is 3. The summed E-state index contributed by atoms with van der Waals surface area (Å²) in [6.07, 6.45) is 3.36. The van der Waals surface area contributed by atoms with E-state index in [0.717, 1.165) is 5.56 Å². The number of anilines is 1. The van der Waals surface area contributed by atoms with Gasteiger partial charge in [-0.3, -0.25) is 14.9 Å². The zero-order valence-electron chi connectivity index (χ0n) is 18.5. The Morgan fingerprint density at radius 3 is 2.51 bits per heavy atom. The fraction of sp³-hybridized carbons (Fsp3) is 0.0769.